The maximum Gasteiger partial charge on any atom is 0.102 e. The van der Waals surface area contributed by atoms with Crippen molar-refractivity contribution < 1.29 is 0 Å². The monoisotopic (exact) mass is 250 g/mol. The molecule has 0 spiro atoms. The third-order valence-corrected chi connectivity index (χ3v) is 4.44. The van der Waals surface area contributed by atoms with Gasteiger partial charge in [0.2, 0.25) is 0 Å². The first kappa shape index (κ1) is 11.6. The highest BCUT2D eigenvalue weighted by Crippen LogP contribution is 2.34. The lowest BCUT2D eigenvalue weighted by Crippen LogP contribution is -2.09. The van der Waals surface area contributed by atoms with E-state index in [2.05, 4.69) is 30.7 Å². The quantitative estimate of drug-likeness (QED) is 0.806. The predicted octanol–water partition coefficient (Wildman–Crippen LogP) is 3.99. The Morgan fingerprint density at radius 3 is 2.56 bits per heavy atom. The van der Waals surface area contributed by atoms with Crippen LogP contribution in [0.1, 0.15) is 25.8 Å². The molecule has 0 atom stereocenters. The number of pyridine rings is 1. The van der Waals surface area contributed by atoms with E-state index in [1.54, 1.807) is 23.1 Å². The second-order valence-electron chi connectivity index (χ2n) is 4.50. The van der Waals surface area contributed by atoms with Crippen molar-refractivity contribution in [3.8, 4) is 0 Å². The number of hydrogen-bond donors (Lipinski definition) is 0. The first-order valence-corrected chi connectivity index (χ1v) is 6.74. The second-order valence-corrected chi connectivity index (χ2v) is 6.86. The fourth-order valence-electron chi connectivity index (χ4n) is 1.16. The summed E-state index contributed by atoms with van der Waals surface area (Å²) in [5.41, 5.74) is 0.133. The first-order valence-electron chi connectivity index (χ1n) is 5.11. The maximum absolute atomic E-state index is 4.45. The van der Waals surface area contributed by atoms with Crippen molar-refractivity contribution in [2.75, 3.05) is 0 Å². The van der Waals surface area contributed by atoms with Crippen molar-refractivity contribution in [2.24, 2.45) is 0 Å². The minimum atomic E-state index is 0.133. The van der Waals surface area contributed by atoms with Crippen molar-refractivity contribution in [2.45, 2.75) is 35.4 Å². The fraction of sp³-hybridized carbons (Fsp3) is 0.333. The molecule has 84 valence electrons. The standard InChI is InChI=1S/C12H14N2S2/c1-12(2,3)11-14-8-10(16-11)15-9-6-4-5-7-13-9/h4-8H,1-3H3. The summed E-state index contributed by atoms with van der Waals surface area (Å²) in [7, 11) is 0. The zero-order valence-electron chi connectivity index (χ0n) is 9.60. The van der Waals surface area contributed by atoms with Gasteiger partial charge in [0, 0.05) is 11.6 Å². The van der Waals surface area contributed by atoms with Crippen LogP contribution in [0.4, 0.5) is 0 Å². The van der Waals surface area contributed by atoms with E-state index in [0.717, 1.165) is 5.03 Å². The third-order valence-electron chi connectivity index (χ3n) is 1.97. The normalized spacial score (nSPS) is 11.7. The third kappa shape index (κ3) is 2.83. The van der Waals surface area contributed by atoms with Crippen LogP contribution in [0.3, 0.4) is 0 Å². The van der Waals surface area contributed by atoms with Gasteiger partial charge in [-0.15, -0.1) is 11.3 Å². The van der Waals surface area contributed by atoms with Crippen LogP contribution < -0.4 is 0 Å². The molecule has 0 radical (unpaired) electrons. The molecule has 0 unspecified atom stereocenters. The zero-order chi connectivity index (χ0) is 11.6. The molecule has 4 heteroatoms. The maximum atomic E-state index is 4.45. The molecule has 0 aliphatic heterocycles. The molecule has 0 N–H and O–H groups in total. The Kier molecular flexibility index (Phi) is 3.30. The summed E-state index contributed by atoms with van der Waals surface area (Å²) in [6.07, 6.45) is 3.75. The molecule has 0 amide bonds. The van der Waals surface area contributed by atoms with Crippen LogP contribution in [-0.2, 0) is 5.41 Å². The van der Waals surface area contributed by atoms with Crippen LogP contribution in [0, 0.1) is 0 Å². The van der Waals surface area contributed by atoms with Crippen molar-refractivity contribution in [1.82, 2.24) is 9.97 Å². The number of nitrogens with zero attached hydrogens (tertiary/aromatic N) is 2. The molecule has 0 aliphatic rings. The first-order chi connectivity index (χ1) is 7.55. The minimum absolute atomic E-state index is 0.133. The molecule has 0 saturated heterocycles. The van der Waals surface area contributed by atoms with Gasteiger partial charge in [0.25, 0.3) is 0 Å². The largest absolute Gasteiger partial charge is 0.250 e. The van der Waals surface area contributed by atoms with Gasteiger partial charge in [-0.3, -0.25) is 0 Å². The average Bonchev–Trinajstić information content (AvgIpc) is 2.67. The summed E-state index contributed by atoms with van der Waals surface area (Å²) in [6.45, 7) is 6.54. The van der Waals surface area contributed by atoms with Crippen molar-refractivity contribution >= 4 is 23.1 Å². The summed E-state index contributed by atoms with van der Waals surface area (Å²) in [6, 6.07) is 5.94. The van der Waals surface area contributed by atoms with Crippen LogP contribution in [-0.4, -0.2) is 9.97 Å². The topological polar surface area (TPSA) is 25.8 Å². The highest BCUT2D eigenvalue weighted by Gasteiger charge is 2.18. The molecule has 2 aromatic rings. The summed E-state index contributed by atoms with van der Waals surface area (Å²) in [5.74, 6) is 0. The Labute approximate surface area is 104 Å². The summed E-state index contributed by atoms with van der Waals surface area (Å²) in [4.78, 5) is 8.74. The Morgan fingerprint density at radius 1 is 1.19 bits per heavy atom. The SMILES string of the molecule is CC(C)(C)c1ncc(Sc2ccccn2)s1. The van der Waals surface area contributed by atoms with Gasteiger partial charge < -0.3 is 0 Å². The van der Waals surface area contributed by atoms with E-state index in [0.29, 0.717) is 0 Å². The fourth-order valence-corrected chi connectivity index (χ4v) is 3.10. The van der Waals surface area contributed by atoms with Gasteiger partial charge in [0.1, 0.15) is 5.03 Å². The van der Waals surface area contributed by atoms with Crippen LogP contribution >= 0.6 is 23.1 Å². The highest BCUT2D eigenvalue weighted by atomic mass is 32.2. The molecule has 0 fully saturated rings. The Hall–Kier alpha value is -0.870. The van der Waals surface area contributed by atoms with Gasteiger partial charge in [0.05, 0.1) is 15.4 Å². The number of rotatable bonds is 2. The molecular weight excluding hydrogens is 236 g/mol. The van der Waals surface area contributed by atoms with E-state index in [9.17, 15) is 0 Å². The lowest BCUT2D eigenvalue weighted by Gasteiger charge is -2.13. The lowest BCUT2D eigenvalue weighted by atomic mass is 9.98. The van der Waals surface area contributed by atoms with Crippen LogP contribution in [0.5, 0.6) is 0 Å². The molecule has 16 heavy (non-hydrogen) atoms. The Morgan fingerprint density at radius 2 is 2.00 bits per heavy atom. The van der Waals surface area contributed by atoms with Gasteiger partial charge in [0.15, 0.2) is 0 Å². The minimum Gasteiger partial charge on any atom is -0.250 e. The molecule has 0 bridgehead atoms. The molecule has 2 aromatic heterocycles. The molecule has 0 aliphatic carbocycles. The van der Waals surface area contributed by atoms with Gasteiger partial charge in [-0.1, -0.05) is 38.6 Å². The number of aromatic nitrogens is 2. The Bertz CT molecular complexity index is 457. The van der Waals surface area contributed by atoms with Gasteiger partial charge >= 0.3 is 0 Å². The van der Waals surface area contributed by atoms with E-state index in [-0.39, 0.29) is 5.41 Å². The number of thiazole rings is 1. The molecule has 2 nitrogen and oxygen atoms in total. The molecule has 0 saturated carbocycles. The van der Waals surface area contributed by atoms with E-state index in [1.807, 2.05) is 30.6 Å². The summed E-state index contributed by atoms with van der Waals surface area (Å²) < 4.78 is 1.20. The second kappa shape index (κ2) is 4.55. The molecule has 2 heterocycles. The molecular formula is C12H14N2S2. The molecule has 0 aromatic carbocycles. The average molecular weight is 250 g/mol. The predicted molar refractivity (Wildman–Crippen MR) is 69.2 cm³/mol. The van der Waals surface area contributed by atoms with Crippen molar-refractivity contribution in [3.05, 3.63) is 35.6 Å². The van der Waals surface area contributed by atoms with Crippen molar-refractivity contribution in [3.63, 3.8) is 0 Å². The van der Waals surface area contributed by atoms with Crippen LogP contribution in [0.25, 0.3) is 0 Å². The van der Waals surface area contributed by atoms with E-state index >= 15 is 0 Å². The van der Waals surface area contributed by atoms with E-state index in [4.69, 9.17) is 0 Å². The van der Waals surface area contributed by atoms with Gasteiger partial charge in [-0.25, -0.2) is 9.97 Å². The van der Waals surface area contributed by atoms with E-state index < -0.39 is 0 Å². The Balaban J connectivity index is 2.15. The highest BCUT2D eigenvalue weighted by molar-refractivity contribution is 8.01. The lowest BCUT2D eigenvalue weighted by molar-refractivity contribution is 0.585. The molecule has 2 rings (SSSR count). The smallest absolute Gasteiger partial charge is 0.102 e. The summed E-state index contributed by atoms with van der Waals surface area (Å²) >= 11 is 3.42. The number of hydrogen-bond acceptors (Lipinski definition) is 4. The summed E-state index contributed by atoms with van der Waals surface area (Å²) in [5, 5.41) is 2.19. The van der Waals surface area contributed by atoms with E-state index in [1.165, 1.54) is 9.22 Å². The zero-order valence-corrected chi connectivity index (χ0v) is 11.2. The van der Waals surface area contributed by atoms with Crippen LogP contribution in [0.2, 0.25) is 0 Å². The van der Waals surface area contributed by atoms with Crippen LogP contribution in [0.15, 0.2) is 39.8 Å². The van der Waals surface area contributed by atoms with Crippen molar-refractivity contribution in [1.29, 1.82) is 0 Å². The van der Waals surface area contributed by atoms with Gasteiger partial charge in [-0.05, 0) is 12.1 Å². The van der Waals surface area contributed by atoms with Gasteiger partial charge in [-0.2, -0.15) is 0 Å².